The van der Waals surface area contributed by atoms with Gasteiger partial charge in [0.1, 0.15) is 5.82 Å². The minimum Gasteiger partial charge on any atom is -0.320 e. The summed E-state index contributed by atoms with van der Waals surface area (Å²) < 4.78 is 36.7. The lowest BCUT2D eigenvalue weighted by Crippen LogP contribution is -2.10. The smallest absolute Gasteiger partial charge is 0.248 e. The van der Waals surface area contributed by atoms with E-state index in [0.29, 0.717) is 0 Å². The molecule has 0 aliphatic heterocycles. The van der Waals surface area contributed by atoms with Gasteiger partial charge in [-0.2, -0.15) is 0 Å². The third kappa shape index (κ3) is 4.94. The number of benzene rings is 2. The fourth-order valence-corrected chi connectivity index (χ4v) is 2.95. The molecule has 0 unspecified atom stereocenters. The van der Waals surface area contributed by atoms with E-state index in [0.717, 1.165) is 34.9 Å². The molecule has 0 heterocycles. The quantitative estimate of drug-likeness (QED) is 0.500. The molecule has 0 radical (unpaired) electrons. The van der Waals surface area contributed by atoms with E-state index < -0.39 is 21.6 Å². The Morgan fingerprint density at radius 1 is 1.17 bits per heavy atom. The van der Waals surface area contributed by atoms with Crippen molar-refractivity contribution in [3.05, 3.63) is 59.9 Å². The van der Waals surface area contributed by atoms with E-state index in [-0.39, 0.29) is 10.6 Å². The van der Waals surface area contributed by atoms with Crippen LogP contribution in [0.1, 0.15) is 5.56 Å². The summed E-state index contributed by atoms with van der Waals surface area (Å²) in [6, 6.07) is 10.8. The summed E-state index contributed by atoms with van der Waals surface area (Å²) in [7, 11) is -3.48. The number of amides is 1. The molecule has 4 nitrogen and oxygen atoms in total. The molecule has 24 heavy (non-hydrogen) atoms. The molecule has 2 aromatic carbocycles. The van der Waals surface area contributed by atoms with Gasteiger partial charge in [-0.05, 0) is 48.2 Å². The van der Waals surface area contributed by atoms with Gasteiger partial charge in [0.25, 0.3) is 0 Å². The molecular formula is C17H16FNO3S2. The molecule has 1 N–H and O–H groups in total. The zero-order chi connectivity index (χ0) is 17.7. The Balaban J connectivity index is 2.13. The molecule has 0 fully saturated rings. The van der Waals surface area contributed by atoms with Crippen LogP contribution in [-0.2, 0) is 14.6 Å². The summed E-state index contributed by atoms with van der Waals surface area (Å²) in [6.07, 6.45) is 5.85. The topological polar surface area (TPSA) is 63.2 Å². The lowest BCUT2D eigenvalue weighted by atomic mass is 10.2. The van der Waals surface area contributed by atoms with Gasteiger partial charge in [-0.25, -0.2) is 12.8 Å². The number of hydrogen-bond acceptors (Lipinski definition) is 4. The maximum absolute atomic E-state index is 13.7. The first-order chi connectivity index (χ1) is 11.3. The standard InChI is InChI=1S/C17H16FNO3S2/c1-23-13-6-3-12(4-7-13)5-10-17(20)19-16-11-14(24(2,21)22)8-9-15(16)18/h3-11H,1-2H3,(H,19,20)/b10-5+. The molecule has 0 aromatic heterocycles. The third-order valence-electron chi connectivity index (χ3n) is 3.17. The number of anilines is 1. The van der Waals surface area contributed by atoms with E-state index >= 15 is 0 Å². The van der Waals surface area contributed by atoms with Gasteiger partial charge in [-0.15, -0.1) is 11.8 Å². The first-order valence-electron chi connectivity index (χ1n) is 6.92. The van der Waals surface area contributed by atoms with E-state index in [4.69, 9.17) is 0 Å². The van der Waals surface area contributed by atoms with Crippen molar-refractivity contribution < 1.29 is 17.6 Å². The maximum Gasteiger partial charge on any atom is 0.248 e. The molecule has 0 aliphatic rings. The molecule has 126 valence electrons. The van der Waals surface area contributed by atoms with Crippen LogP contribution in [0, 0.1) is 5.82 Å². The zero-order valence-electron chi connectivity index (χ0n) is 13.1. The number of sulfone groups is 1. The third-order valence-corrected chi connectivity index (χ3v) is 5.02. The van der Waals surface area contributed by atoms with E-state index in [9.17, 15) is 17.6 Å². The first kappa shape index (κ1) is 18.2. The lowest BCUT2D eigenvalue weighted by Gasteiger charge is -2.06. The largest absolute Gasteiger partial charge is 0.320 e. The fraction of sp³-hybridized carbons (Fsp3) is 0.118. The van der Waals surface area contributed by atoms with Crippen molar-refractivity contribution in [3.63, 3.8) is 0 Å². The van der Waals surface area contributed by atoms with Crippen LogP contribution in [0.4, 0.5) is 10.1 Å². The number of hydrogen-bond donors (Lipinski definition) is 1. The van der Waals surface area contributed by atoms with Gasteiger partial charge in [0.2, 0.25) is 5.91 Å². The Labute approximate surface area is 144 Å². The van der Waals surface area contributed by atoms with Crippen LogP contribution in [0.25, 0.3) is 6.08 Å². The molecular weight excluding hydrogens is 349 g/mol. The highest BCUT2D eigenvalue weighted by atomic mass is 32.2. The average molecular weight is 365 g/mol. The van der Waals surface area contributed by atoms with Crippen LogP contribution >= 0.6 is 11.8 Å². The number of carbonyl (C=O) groups excluding carboxylic acids is 1. The van der Waals surface area contributed by atoms with E-state index in [1.807, 2.05) is 30.5 Å². The van der Waals surface area contributed by atoms with Crippen molar-refractivity contribution in [2.45, 2.75) is 9.79 Å². The van der Waals surface area contributed by atoms with Gasteiger partial charge < -0.3 is 5.32 Å². The van der Waals surface area contributed by atoms with Gasteiger partial charge in [-0.3, -0.25) is 4.79 Å². The fourth-order valence-electron chi connectivity index (χ4n) is 1.89. The van der Waals surface area contributed by atoms with Gasteiger partial charge in [0.05, 0.1) is 10.6 Å². The van der Waals surface area contributed by atoms with Crippen LogP contribution in [0.5, 0.6) is 0 Å². The van der Waals surface area contributed by atoms with Crippen LogP contribution in [0.15, 0.2) is 58.3 Å². The van der Waals surface area contributed by atoms with Gasteiger partial charge in [0.15, 0.2) is 9.84 Å². The minimum absolute atomic E-state index is 0.0594. The molecule has 0 atom stereocenters. The molecule has 2 rings (SSSR count). The second-order valence-electron chi connectivity index (χ2n) is 5.01. The second-order valence-corrected chi connectivity index (χ2v) is 7.90. The highest BCUT2D eigenvalue weighted by Gasteiger charge is 2.12. The van der Waals surface area contributed by atoms with Crippen LogP contribution < -0.4 is 5.32 Å². The van der Waals surface area contributed by atoms with Gasteiger partial charge in [-0.1, -0.05) is 12.1 Å². The number of carbonyl (C=O) groups is 1. The van der Waals surface area contributed by atoms with Gasteiger partial charge >= 0.3 is 0 Å². The van der Waals surface area contributed by atoms with Crippen molar-refractivity contribution in [1.82, 2.24) is 0 Å². The molecule has 7 heteroatoms. The molecule has 0 saturated carbocycles. The van der Waals surface area contributed by atoms with Crippen LogP contribution in [0.2, 0.25) is 0 Å². The van der Waals surface area contributed by atoms with Gasteiger partial charge in [0, 0.05) is 17.2 Å². The Kier molecular flexibility index (Phi) is 5.80. The first-order valence-corrected chi connectivity index (χ1v) is 10.0. The molecule has 0 aliphatic carbocycles. The Hall–Kier alpha value is -2.12. The number of nitrogens with one attached hydrogen (secondary N) is 1. The number of thioether (sulfide) groups is 1. The van der Waals surface area contributed by atoms with E-state index in [1.54, 1.807) is 17.8 Å². The van der Waals surface area contributed by atoms with Crippen LogP contribution in [-0.4, -0.2) is 26.8 Å². The van der Waals surface area contributed by atoms with Crippen molar-refractivity contribution >= 4 is 39.3 Å². The van der Waals surface area contributed by atoms with Crippen LogP contribution in [0.3, 0.4) is 0 Å². The molecule has 0 bridgehead atoms. The van der Waals surface area contributed by atoms with E-state index in [2.05, 4.69) is 5.32 Å². The predicted octanol–water partition coefficient (Wildman–Crippen LogP) is 3.60. The normalized spacial score (nSPS) is 11.6. The summed E-state index contributed by atoms with van der Waals surface area (Å²) >= 11 is 1.61. The molecule has 0 saturated heterocycles. The summed E-state index contributed by atoms with van der Waals surface area (Å²) in [5.74, 6) is -1.25. The summed E-state index contributed by atoms with van der Waals surface area (Å²) in [4.78, 5) is 13.0. The monoisotopic (exact) mass is 365 g/mol. The number of halogens is 1. The maximum atomic E-state index is 13.7. The van der Waals surface area contributed by atoms with Crippen molar-refractivity contribution in [1.29, 1.82) is 0 Å². The van der Waals surface area contributed by atoms with E-state index in [1.165, 1.54) is 6.08 Å². The Morgan fingerprint density at radius 3 is 2.42 bits per heavy atom. The summed E-state index contributed by atoms with van der Waals surface area (Å²) in [5.41, 5.74) is 0.651. The highest BCUT2D eigenvalue weighted by Crippen LogP contribution is 2.20. The Bertz CT molecular complexity index is 875. The summed E-state index contributed by atoms with van der Waals surface area (Å²) in [6.45, 7) is 0. The Morgan fingerprint density at radius 2 is 1.83 bits per heavy atom. The molecule has 0 spiro atoms. The average Bonchev–Trinajstić information content (AvgIpc) is 2.54. The predicted molar refractivity (Wildman–Crippen MR) is 95.4 cm³/mol. The van der Waals surface area contributed by atoms with Crippen molar-refractivity contribution in [2.75, 3.05) is 17.8 Å². The second kappa shape index (κ2) is 7.63. The van der Waals surface area contributed by atoms with Crippen molar-refractivity contribution in [3.8, 4) is 0 Å². The molecule has 2 aromatic rings. The van der Waals surface area contributed by atoms with Crippen molar-refractivity contribution in [2.24, 2.45) is 0 Å². The highest BCUT2D eigenvalue weighted by molar-refractivity contribution is 7.98. The summed E-state index contributed by atoms with van der Waals surface area (Å²) in [5, 5.41) is 2.35. The lowest BCUT2D eigenvalue weighted by molar-refractivity contribution is -0.111. The zero-order valence-corrected chi connectivity index (χ0v) is 14.7. The number of rotatable bonds is 5. The SMILES string of the molecule is CSc1ccc(/C=C/C(=O)Nc2cc(S(C)(=O)=O)ccc2F)cc1. The minimum atomic E-state index is -3.48. The molecule has 1 amide bonds.